The van der Waals surface area contributed by atoms with Gasteiger partial charge in [0.2, 0.25) is 0 Å². The minimum atomic E-state index is -0.965. The van der Waals surface area contributed by atoms with Gasteiger partial charge in [-0.05, 0) is 34.8 Å². The van der Waals surface area contributed by atoms with Crippen LogP contribution in [0.5, 0.6) is 0 Å². The van der Waals surface area contributed by atoms with E-state index in [1.807, 2.05) is 13.8 Å². The van der Waals surface area contributed by atoms with Crippen molar-refractivity contribution in [2.45, 2.75) is 31.8 Å². The number of hydrogen-bond acceptors (Lipinski definition) is 0. The molecule has 0 N–H and O–H groups in total. The lowest BCUT2D eigenvalue weighted by Crippen LogP contribution is -1.84. The maximum absolute atomic E-state index is 12.2. The third-order valence-corrected chi connectivity index (χ3v) is 1.53. The second-order valence-corrected chi connectivity index (χ2v) is 2.74. The molecule has 1 atom stereocenters. The summed E-state index contributed by atoms with van der Waals surface area (Å²) in [4.78, 5) is 0. The van der Waals surface area contributed by atoms with Gasteiger partial charge in [-0.3, -0.25) is 0 Å². The van der Waals surface area contributed by atoms with Gasteiger partial charge in [-0.25, -0.2) is 4.39 Å². The Hall–Kier alpha value is 0.150. The number of allylic oxidation sites excluding steroid dienone is 2. The zero-order chi connectivity index (χ0) is 7.28. The van der Waals surface area contributed by atoms with Crippen molar-refractivity contribution >= 4 is 15.9 Å². The van der Waals surface area contributed by atoms with Crippen molar-refractivity contribution in [2.75, 3.05) is 0 Å². The van der Waals surface area contributed by atoms with Crippen molar-refractivity contribution < 1.29 is 4.39 Å². The number of halogens is 2. The predicted molar refractivity (Wildman–Crippen MR) is 42.5 cm³/mol. The van der Waals surface area contributed by atoms with E-state index in [0.29, 0.717) is 0 Å². The second kappa shape index (κ2) is 4.98. The summed E-state index contributed by atoms with van der Waals surface area (Å²) >= 11 is 2.81. The smallest absolute Gasteiger partial charge is 0.173 e. The summed E-state index contributed by atoms with van der Waals surface area (Å²) < 4.78 is 12.2. The molecule has 0 bridgehead atoms. The molecule has 0 nitrogen and oxygen atoms in total. The van der Waals surface area contributed by atoms with Gasteiger partial charge in [0.05, 0.1) is 0 Å². The van der Waals surface area contributed by atoms with Crippen molar-refractivity contribution in [1.29, 1.82) is 0 Å². The first-order valence-corrected chi connectivity index (χ1v) is 4.10. The van der Waals surface area contributed by atoms with Gasteiger partial charge in [-0.1, -0.05) is 19.4 Å². The molecule has 54 valence electrons. The summed E-state index contributed by atoms with van der Waals surface area (Å²) in [7, 11) is 0. The number of hydrogen-bond donors (Lipinski definition) is 0. The molecule has 0 aromatic heterocycles. The van der Waals surface area contributed by atoms with Crippen LogP contribution in [0.1, 0.15) is 26.7 Å². The summed E-state index contributed by atoms with van der Waals surface area (Å²) in [6.45, 7) is 4.06. The standard InChI is InChI=1S/C7H12BrF/c1-3-6(4-2)5-7(8)9/h5,7H,3-4H2,1-2H3. The molecule has 0 aromatic rings. The molecule has 9 heavy (non-hydrogen) atoms. The lowest BCUT2D eigenvalue weighted by molar-refractivity contribution is 0.525. The SMILES string of the molecule is CCC(=CC(F)Br)CC. The molecule has 0 spiro atoms. The minimum Gasteiger partial charge on any atom is -0.230 e. The lowest BCUT2D eigenvalue weighted by Gasteiger charge is -1.98. The molecule has 0 radical (unpaired) electrons. The first kappa shape index (κ1) is 9.15. The third kappa shape index (κ3) is 4.64. The zero-order valence-corrected chi connectivity index (χ0v) is 7.41. The van der Waals surface area contributed by atoms with Gasteiger partial charge < -0.3 is 0 Å². The van der Waals surface area contributed by atoms with Crippen LogP contribution in [0.4, 0.5) is 4.39 Å². The van der Waals surface area contributed by atoms with Crippen molar-refractivity contribution in [1.82, 2.24) is 0 Å². The van der Waals surface area contributed by atoms with E-state index in [4.69, 9.17) is 0 Å². The van der Waals surface area contributed by atoms with Crippen LogP contribution in [0, 0.1) is 0 Å². The van der Waals surface area contributed by atoms with Crippen LogP contribution >= 0.6 is 15.9 Å². The summed E-state index contributed by atoms with van der Waals surface area (Å²) in [5, 5.41) is -0.965. The molecule has 0 amide bonds. The lowest BCUT2D eigenvalue weighted by atomic mass is 10.1. The molecule has 0 aliphatic carbocycles. The van der Waals surface area contributed by atoms with Crippen LogP contribution in [0.2, 0.25) is 0 Å². The molecular formula is C7H12BrF. The summed E-state index contributed by atoms with van der Waals surface area (Å²) in [5.41, 5.74) is 1.17. The van der Waals surface area contributed by atoms with E-state index in [2.05, 4.69) is 15.9 Å². The van der Waals surface area contributed by atoms with Gasteiger partial charge >= 0.3 is 0 Å². The average molecular weight is 195 g/mol. The van der Waals surface area contributed by atoms with Gasteiger partial charge in [0.1, 0.15) is 0 Å². The Morgan fingerprint density at radius 3 is 2.11 bits per heavy atom. The third-order valence-electron chi connectivity index (χ3n) is 1.27. The fraction of sp³-hybridized carbons (Fsp3) is 0.714. The van der Waals surface area contributed by atoms with E-state index in [9.17, 15) is 4.39 Å². The molecule has 0 rings (SSSR count). The molecule has 2 heteroatoms. The van der Waals surface area contributed by atoms with E-state index in [1.165, 1.54) is 5.57 Å². The molecule has 0 aliphatic heterocycles. The van der Waals surface area contributed by atoms with E-state index >= 15 is 0 Å². The highest BCUT2D eigenvalue weighted by atomic mass is 79.9. The molecule has 1 unspecified atom stereocenters. The molecular weight excluding hydrogens is 183 g/mol. The first-order valence-electron chi connectivity index (χ1n) is 3.18. The van der Waals surface area contributed by atoms with Crippen LogP contribution in [0.25, 0.3) is 0 Å². The van der Waals surface area contributed by atoms with Crippen molar-refractivity contribution in [2.24, 2.45) is 0 Å². The highest BCUT2D eigenvalue weighted by Crippen LogP contribution is 2.11. The van der Waals surface area contributed by atoms with E-state index < -0.39 is 5.08 Å². The van der Waals surface area contributed by atoms with E-state index in [0.717, 1.165) is 12.8 Å². The summed E-state index contributed by atoms with van der Waals surface area (Å²) in [5.74, 6) is 0. The Labute approximate surface area is 64.3 Å². The summed E-state index contributed by atoms with van der Waals surface area (Å²) in [6, 6.07) is 0. The van der Waals surface area contributed by atoms with Gasteiger partial charge in [-0.2, -0.15) is 0 Å². The quantitative estimate of drug-likeness (QED) is 0.478. The van der Waals surface area contributed by atoms with Crippen molar-refractivity contribution in [3.8, 4) is 0 Å². The molecule has 0 heterocycles. The first-order chi connectivity index (χ1) is 4.20. The van der Waals surface area contributed by atoms with Crippen molar-refractivity contribution in [3.63, 3.8) is 0 Å². The monoisotopic (exact) mass is 194 g/mol. The largest absolute Gasteiger partial charge is 0.230 e. The Kier molecular flexibility index (Phi) is 5.06. The Bertz CT molecular complexity index is 91.1. The van der Waals surface area contributed by atoms with Gasteiger partial charge in [0.15, 0.2) is 5.08 Å². The normalized spacial score (nSPS) is 12.9. The molecule has 0 saturated carbocycles. The van der Waals surface area contributed by atoms with Crippen LogP contribution in [-0.2, 0) is 0 Å². The van der Waals surface area contributed by atoms with Crippen LogP contribution in [-0.4, -0.2) is 5.08 Å². The van der Waals surface area contributed by atoms with Gasteiger partial charge in [0.25, 0.3) is 0 Å². The topological polar surface area (TPSA) is 0 Å². The second-order valence-electron chi connectivity index (χ2n) is 1.87. The Morgan fingerprint density at radius 1 is 1.56 bits per heavy atom. The molecule has 0 fully saturated rings. The fourth-order valence-electron chi connectivity index (χ4n) is 0.664. The highest BCUT2D eigenvalue weighted by Gasteiger charge is 1.95. The number of alkyl halides is 2. The maximum atomic E-state index is 12.2. The van der Waals surface area contributed by atoms with Crippen LogP contribution in [0.15, 0.2) is 11.6 Å². The minimum absolute atomic E-state index is 0.947. The van der Waals surface area contributed by atoms with Crippen LogP contribution in [0.3, 0.4) is 0 Å². The van der Waals surface area contributed by atoms with Gasteiger partial charge in [-0.15, -0.1) is 0 Å². The Balaban J connectivity index is 3.75. The average Bonchev–Trinajstić information content (AvgIpc) is 1.82. The fourth-order valence-corrected chi connectivity index (χ4v) is 1.04. The number of rotatable bonds is 3. The molecule has 0 saturated heterocycles. The maximum Gasteiger partial charge on any atom is 0.173 e. The predicted octanol–water partition coefficient (Wildman–Crippen LogP) is 3.42. The van der Waals surface area contributed by atoms with E-state index in [-0.39, 0.29) is 0 Å². The molecule has 0 aromatic carbocycles. The molecule has 0 aliphatic rings. The van der Waals surface area contributed by atoms with Crippen LogP contribution < -0.4 is 0 Å². The van der Waals surface area contributed by atoms with Gasteiger partial charge in [0, 0.05) is 0 Å². The summed E-state index contributed by atoms with van der Waals surface area (Å²) in [6.07, 6.45) is 3.50. The van der Waals surface area contributed by atoms with Crippen molar-refractivity contribution in [3.05, 3.63) is 11.6 Å². The Morgan fingerprint density at radius 2 is 2.00 bits per heavy atom. The zero-order valence-electron chi connectivity index (χ0n) is 5.82. The van der Waals surface area contributed by atoms with E-state index in [1.54, 1.807) is 6.08 Å². The highest BCUT2D eigenvalue weighted by molar-refractivity contribution is 9.09.